The van der Waals surface area contributed by atoms with Gasteiger partial charge in [-0.3, -0.25) is 0 Å². The first kappa shape index (κ1) is 46.0. The molecule has 2 nitrogen and oxygen atoms in total. The van der Waals surface area contributed by atoms with Crippen LogP contribution in [0.1, 0.15) is 11.1 Å². The van der Waals surface area contributed by atoms with Crippen LogP contribution in [0.5, 0.6) is 0 Å². The van der Waals surface area contributed by atoms with Gasteiger partial charge in [0.25, 0.3) is 0 Å². The normalized spacial score (nSPS) is 11.5. The van der Waals surface area contributed by atoms with E-state index < -0.39 is 34.9 Å². The van der Waals surface area contributed by atoms with E-state index in [4.69, 9.17) is 0 Å². The zero-order valence-corrected chi connectivity index (χ0v) is 39.9. The van der Waals surface area contributed by atoms with Crippen molar-refractivity contribution in [3.8, 4) is 44.5 Å². The van der Waals surface area contributed by atoms with Gasteiger partial charge in [-0.2, -0.15) is 0 Å². The van der Waals surface area contributed by atoms with Gasteiger partial charge < -0.3 is 9.80 Å². The molecule has 74 heavy (non-hydrogen) atoms. The first-order chi connectivity index (χ1) is 36.0. The maximum Gasteiger partial charge on any atom is 0.147 e. The fourth-order valence-electron chi connectivity index (χ4n) is 10.4. The molecule has 8 heteroatoms. The molecule has 0 fully saturated rings. The summed E-state index contributed by atoms with van der Waals surface area (Å²) in [6.07, 6.45) is 0. The summed E-state index contributed by atoms with van der Waals surface area (Å²) in [5.74, 6) is -3.58. The lowest BCUT2D eigenvalue weighted by Crippen LogP contribution is -2.15. The van der Waals surface area contributed by atoms with Gasteiger partial charge in [0.2, 0.25) is 0 Å². The van der Waals surface area contributed by atoms with Gasteiger partial charge in [-0.1, -0.05) is 133 Å². The average molecular weight is 977 g/mol. The lowest BCUT2D eigenvalue weighted by atomic mass is 9.90. The standard InChI is InChI=1S/C66H42F6N2/c1-39-19-29-59(57(71)31-39)73(63-35-45(23-27-55(63)69)51-33-43(21-25-53(51)67)41-11-5-3-6-12-41)61-37-47-15-10-18-50-62(38-48-16-9-17-49(61)65(48)66(47)50)74(60-30-20-40(2)32-58(60)72)64-36-46(24-28-56(64)70)52-34-44(22-26-54(52)68)42-13-7-4-8-14-42/h3-38H,1-2H3. The number of anilines is 6. The van der Waals surface area contributed by atoms with E-state index in [9.17, 15) is 0 Å². The molecule has 0 amide bonds. The van der Waals surface area contributed by atoms with Gasteiger partial charge in [-0.25, -0.2) is 26.3 Å². The van der Waals surface area contributed by atoms with Crippen LogP contribution >= 0.6 is 0 Å². The second kappa shape index (κ2) is 18.5. The van der Waals surface area contributed by atoms with E-state index in [2.05, 4.69) is 0 Å². The topological polar surface area (TPSA) is 6.48 Å². The smallest absolute Gasteiger partial charge is 0.147 e. The van der Waals surface area contributed by atoms with E-state index in [0.29, 0.717) is 55.2 Å². The van der Waals surface area contributed by atoms with Gasteiger partial charge in [0.15, 0.2) is 0 Å². The zero-order chi connectivity index (χ0) is 50.8. The lowest BCUT2D eigenvalue weighted by molar-refractivity contribution is 0.618. The van der Waals surface area contributed by atoms with E-state index in [1.54, 1.807) is 74.5 Å². The van der Waals surface area contributed by atoms with E-state index in [1.807, 2.05) is 109 Å². The number of benzene rings is 12. The highest BCUT2D eigenvalue weighted by Gasteiger charge is 2.28. The summed E-state index contributed by atoms with van der Waals surface area (Å²) in [6, 6.07) is 61.8. The Morgan fingerprint density at radius 1 is 0.257 bits per heavy atom. The van der Waals surface area contributed by atoms with Crippen LogP contribution in [0, 0.1) is 48.8 Å². The van der Waals surface area contributed by atoms with Crippen LogP contribution in [0.2, 0.25) is 0 Å². The number of hydrogen-bond acceptors (Lipinski definition) is 2. The van der Waals surface area contributed by atoms with Crippen LogP contribution < -0.4 is 9.80 Å². The summed E-state index contributed by atoms with van der Waals surface area (Å²) in [7, 11) is 0. The Bertz CT molecular complexity index is 3870. The average Bonchev–Trinajstić information content (AvgIpc) is 3.41. The second-order valence-electron chi connectivity index (χ2n) is 18.6. The number of rotatable bonds is 10. The monoisotopic (exact) mass is 976 g/mol. The molecular formula is C66H42F6N2. The van der Waals surface area contributed by atoms with Crippen LogP contribution in [0.15, 0.2) is 218 Å². The van der Waals surface area contributed by atoms with Gasteiger partial charge in [-0.05, 0) is 165 Å². The minimum Gasteiger partial charge on any atom is -0.304 e. The van der Waals surface area contributed by atoms with E-state index in [-0.39, 0.29) is 33.9 Å². The molecule has 358 valence electrons. The Labute approximate surface area is 423 Å². The molecule has 0 unspecified atom stereocenters. The van der Waals surface area contributed by atoms with Gasteiger partial charge in [0, 0.05) is 21.9 Å². The number of hydrogen-bond donors (Lipinski definition) is 0. The molecule has 0 spiro atoms. The molecule has 0 saturated carbocycles. The van der Waals surface area contributed by atoms with Crippen molar-refractivity contribution in [2.45, 2.75) is 13.8 Å². The molecule has 0 atom stereocenters. The van der Waals surface area contributed by atoms with Crippen molar-refractivity contribution in [3.63, 3.8) is 0 Å². The molecule has 0 heterocycles. The maximum atomic E-state index is 16.9. The molecule has 0 N–H and O–H groups in total. The molecule has 0 aliphatic rings. The highest BCUT2D eigenvalue weighted by molar-refractivity contribution is 6.29. The predicted octanol–water partition coefficient (Wildman–Crippen LogP) is 19.6. The van der Waals surface area contributed by atoms with Crippen molar-refractivity contribution >= 4 is 66.4 Å². The largest absolute Gasteiger partial charge is 0.304 e. The van der Waals surface area contributed by atoms with Crippen LogP contribution in [-0.2, 0) is 0 Å². The first-order valence-corrected chi connectivity index (χ1v) is 24.1. The van der Waals surface area contributed by atoms with Crippen LogP contribution in [-0.4, -0.2) is 0 Å². The van der Waals surface area contributed by atoms with Crippen molar-refractivity contribution in [1.82, 2.24) is 0 Å². The third-order valence-electron chi connectivity index (χ3n) is 13.9. The minimum atomic E-state index is -0.674. The van der Waals surface area contributed by atoms with E-state index in [0.717, 1.165) is 33.0 Å². The summed E-state index contributed by atoms with van der Waals surface area (Å²) in [5.41, 5.74) is 6.77. The minimum absolute atomic E-state index is 0.0209. The third-order valence-corrected chi connectivity index (χ3v) is 13.9. The first-order valence-electron chi connectivity index (χ1n) is 24.1. The molecule has 0 aliphatic carbocycles. The summed E-state index contributed by atoms with van der Waals surface area (Å²) < 4.78 is 99.0. The van der Waals surface area contributed by atoms with Crippen molar-refractivity contribution < 1.29 is 26.3 Å². The lowest BCUT2D eigenvalue weighted by Gasteiger charge is -2.31. The van der Waals surface area contributed by atoms with Crippen molar-refractivity contribution in [2.75, 3.05) is 9.80 Å². The van der Waals surface area contributed by atoms with E-state index in [1.165, 1.54) is 58.3 Å². The van der Waals surface area contributed by atoms with Crippen LogP contribution in [0.25, 0.3) is 76.8 Å². The third kappa shape index (κ3) is 8.05. The van der Waals surface area contributed by atoms with Crippen molar-refractivity contribution in [1.29, 1.82) is 0 Å². The van der Waals surface area contributed by atoms with Crippen molar-refractivity contribution in [3.05, 3.63) is 264 Å². The van der Waals surface area contributed by atoms with E-state index >= 15 is 26.3 Å². The molecule has 12 aromatic carbocycles. The van der Waals surface area contributed by atoms with Gasteiger partial charge in [0.1, 0.15) is 34.9 Å². The number of halogens is 6. The Morgan fingerprint density at radius 3 is 1.05 bits per heavy atom. The van der Waals surface area contributed by atoms with Crippen LogP contribution in [0.4, 0.5) is 60.5 Å². The number of aryl methyl sites for hydroxylation is 2. The van der Waals surface area contributed by atoms with Crippen LogP contribution in [0.3, 0.4) is 0 Å². The molecule has 12 aromatic rings. The Hall–Kier alpha value is -9.14. The summed E-state index contributed by atoms with van der Waals surface area (Å²) in [4.78, 5) is 3.08. The summed E-state index contributed by atoms with van der Waals surface area (Å²) in [5, 5.41) is 4.03. The molecule has 0 aromatic heterocycles. The maximum absolute atomic E-state index is 16.9. The number of nitrogens with zero attached hydrogens (tertiary/aromatic N) is 2. The van der Waals surface area contributed by atoms with Gasteiger partial charge >= 0.3 is 0 Å². The molecule has 0 aliphatic heterocycles. The quantitative estimate of drug-likeness (QED) is 0.0995. The molecular weight excluding hydrogens is 935 g/mol. The highest BCUT2D eigenvalue weighted by atomic mass is 19.1. The fraction of sp³-hybridized carbons (Fsp3) is 0.0303. The molecule has 12 rings (SSSR count). The highest BCUT2D eigenvalue weighted by Crippen LogP contribution is 2.51. The molecule has 0 bridgehead atoms. The second-order valence-corrected chi connectivity index (χ2v) is 18.6. The van der Waals surface area contributed by atoms with Gasteiger partial charge in [-0.15, -0.1) is 0 Å². The SMILES string of the molecule is Cc1ccc(N(c2cc(-c3cc(-c4ccccc4)ccc3F)ccc2F)c2cc3cccc4c(N(c5ccc(C)cc5F)c5cc(-c6cc(-c7ccccc7)ccc6F)ccc5F)cc5cccc2c5c34)c(F)c1. The fourth-order valence-corrected chi connectivity index (χ4v) is 10.4. The summed E-state index contributed by atoms with van der Waals surface area (Å²) >= 11 is 0. The summed E-state index contributed by atoms with van der Waals surface area (Å²) in [6.45, 7) is 3.54. The predicted molar refractivity (Wildman–Crippen MR) is 290 cm³/mol. The molecule has 0 radical (unpaired) electrons. The Morgan fingerprint density at radius 2 is 0.649 bits per heavy atom. The van der Waals surface area contributed by atoms with Crippen molar-refractivity contribution in [2.24, 2.45) is 0 Å². The zero-order valence-electron chi connectivity index (χ0n) is 39.9. The molecule has 0 saturated heterocycles. The van der Waals surface area contributed by atoms with Gasteiger partial charge in [0.05, 0.1) is 34.1 Å². The Kier molecular flexibility index (Phi) is 11.5. The Balaban J connectivity index is 1.08.